The van der Waals surface area contributed by atoms with Crippen molar-refractivity contribution >= 4 is 35.0 Å². The molecule has 170 valence electrons. The fraction of sp³-hybridized carbons (Fsp3) is 0.185. The van der Waals surface area contributed by atoms with Gasteiger partial charge in [-0.05, 0) is 54.2 Å². The van der Waals surface area contributed by atoms with E-state index >= 15 is 0 Å². The van der Waals surface area contributed by atoms with Crippen molar-refractivity contribution in [2.45, 2.75) is 25.3 Å². The first kappa shape index (κ1) is 22.0. The Hall–Kier alpha value is -3.77. The summed E-state index contributed by atoms with van der Waals surface area (Å²) < 4.78 is 0. The Bertz CT molecular complexity index is 1310. The molecular formula is C27H22ClN3O3. The Labute approximate surface area is 202 Å². The van der Waals surface area contributed by atoms with Gasteiger partial charge in [-0.2, -0.15) is 5.10 Å². The first-order chi connectivity index (χ1) is 16.5. The Morgan fingerprint density at radius 2 is 1.76 bits per heavy atom. The number of nitro groups is 1. The average molecular weight is 472 g/mol. The molecule has 0 radical (unpaired) electrons. The minimum atomic E-state index is -0.579. The van der Waals surface area contributed by atoms with Gasteiger partial charge < -0.3 is 0 Å². The molecule has 1 heterocycles. The highest BCUT2D eigenvalue weighted by molar-refractivity contribution is 6.32. The summed E-state index contributed by atoms with van der Waals surface area (Å²) in [6, 6.07) is 23.8. The lowest BCUT2D eigenvalue weighted by molar-refractivity contribution is -0.384. The third-order valence-corrected chi connectivity index (χ3v) is 6.70. The molecule has 5 rings (SSSR count). The normalized spacial score (nSPS) is 20.7. The maximum atomic E-state index is 13.7. The number of benzene rings is 3. The first-order valence-electron chi connectivity index (χ1n) is 11.2. The summed E-state index contributed by atoms with van der Waals surface area (Å²) in [7, 11) is 0. The number of nitro benzene ring substituents is 1. The van der Waals surface area contributed by atoms with Gasteiger partial charge in [0.25, 0.3) is 11.6 Å². The molecule has 0 saturated heterocycles. The zero-order valence-electron chi connectivity index (χ0n) is 18.3. The number of hydrogen-bond donors (Lipinski definition) is 0. The highest BCUT2D eigenvalue weighted by Gasteiger charge is 2.44. The van der Waals surface area contributed by atoms with Crippen molar-refractivity contribution < 1.29 is 9.72 Å². The zero-order chi connectivity index (χ0) is 23.7. The molecule has 3 aromatic carbocycles. The van der Waals surface area contributed by atoms with Gasteiger partial charge in [0.05, 0.1) is 16.7 Å². The predicted octanol–water partition coefficient (Wildman–Crippen LogP) is 6.69. The van der Waals surface area contributed by atoms with E-state index in [4.69, 9.17) is 16.7 Å². The molecule has 2 aliphatic rings. The lowest BCUT2D eigenvalue weighted by Crippen LogP contribution is -2.31. The summed E-state index contributed by atoms with van der Waals surface area (Å²) in [5.74, 6) is -0.327. The largest absolute Gasteiger partial charge is 0.288 e. The molecule has 0 bridgehead atoms. The van der Waals surface area contributed by atoms with Crippen molar-refractivity contribution in [3.8, 4) is 0 Å². The van der Waals surface area contributed by atoms with E-state index in [1.807, 2.05) is 48.5 Å². The van der Waals surface area contributed by atoms with Crippen molar-refractivity contribution in [2.75, 3.05) is 0 Å². The molecule has 3 aromatic rings. The van der Waals surface area contributed by atoms with Crippen LogP contribution in [-0.4, -0.2) is 21.6 Å². The van der Waals surface area contributed by atoms with Crippen molar-refractivity contribution in [3.05, 3.63) is 116 Å². The number of carbonyl (C=O) groups excluding carboxylic acids is 1. The van der Waals surface area contributed by atoms with Gasteiger partial charge in [0.2, 0.25) is 0 Å². The van der Waals surface area contributed by atoms with E-state index in [-0.39, 0.29) is 34.1 Å². The molecule has 0 unspecified atom stereocenters. The summed E-state index contributed by atoms with van der Waals surface area (Å²) in [6.45, 7) is 0. The number of amides is 1. The van der Waals surface area contributed by atoms with E-state index in [1.165, 1.54) is 23.2 Å². The van der Waals surface area contributed by atoms with Crippen LogP contribution in [0.1, 0.15) is 46.8 Å². The summed E-state index contributed by atoms with van der Waals surface area (Å²) in [6.07, 6.45) is 4.95. The minimum absolute atomic E-state index is 0.00403. The maximum absolute atomic E-state index is 13.7. The Morgan fingerprint density at radius 3 is 2.47 bits per heavy atom. The van der Waals surface area contributed by atoms with Crippen LogP contribution in [0.3, 0.4) is 0 Å². The molecule has 6 nitrogen and oxygen atoms in total. The number of fused-ring (bicyclic) bond motifs is 1. The van der Waals surface area contributed by atoms with Gasteiger partial charge >= 0.3 is 0 Å². The van der Waals surface area contributed by atoms with Gasteiger partial charge in [0.1, 0.15) is 5.02 Å². The SMILES string of the molecule is O=C(c1ccc(Cl)c([N+](=O)[O-])c1)N1N=C2/C(=C/c3ccccc3)CCC[C@H]2[C@@H]1c1ccccc1. The second-order valence-electron chi connectivity index (χ2n) is 8.49. The maximum Gasteiger partial charge on any atom is 0.288 e. The number of halogens is 1. The van der Waals surface area contributed by atoms with Crippen LogP contribution in [0.25, 0.3) is 6.08 Å². The molecule has 1 aliphatic heterocycles. The average Bonchev–Trinajstić information content (AvgIpc) is 3.25. The van der Waals surface area contributed by atoms with Crippen molar-refractivity contribution in [2.24, 2.45) is 11.0 Å². The third-order valence-electron chi connectivity index (χ3n) is 6.38. The molecule has 1 fully saturated rings. The van der Waals surface area contributed by atoms with Crippen molar-refractivity contribution in [3.63, 3.8) is 0 Å². The smallest absolute Gasteiger partial charge is 0.267 e. The van der Waals surface area contributed by atoms with Crippen LogP contribution >= 0.6 is 11.6 Å². The van der Waals surface area contributed by atoms with Crippen LogP contribution in [-0.2, 0) is 0 Å². The Balaban J connectivity index is 1.59. The molecule has 1 aliphatic carbocycles. The molecule has 2 atom stereocenters. The molecular weight excluding hydrogens is 450 g/mol. The van der Waals surface area contributed by atoms with Gasteiger partial charge in [-0.15, -0.1) is 0 Å². The van der Waals surface area contributed by atoms with Crippen LogP contribution in [0.5, 0.6) is 0 Å². The van der Waals surface area contributed by atoms with Gasteiger partial charge in [0, 0.05) is 17.5 Å². The quantitative estimate of drug-likeness (QED) is 0.314. The van der Waals surface area contributed by atoms with E-state index in [0.717, 1.165) is 41.7 Å². The molecule has 0 aromatic heterocycles. The van der Waals surface area contributed by atoms with Gasteiger partial charge in [-0.1, -0.05) is 72.3 Å². The highest BCUT2D eigenvalue weighted by atomic mass is 35.5. The van der Waals surface area contributed by atoms with Gasteiger partial charge in [-0.3, -0.25) is 14.9 Å². The second-order valence-corrected chi connectivity index (χ2v) is 8.90. The molecule has 1 amide bonds. The summed E-state index contributed by atoms with van der Waals surface area (Å²) in [5, 5.41) is 17.7. The predicted molar refractivity (Wildman–Crippen MR) is 133 cm³/mol. The van der Waals surface area contributed by atoms with Crippen LogP contribution < -0.4 is 0 Å². The number of hydrogen-bond acceptors (Lipinski definition) is 4. The monoisotopic (exact) mass is 471 g/mol. The van der Waals surface area contributed by atoms with E-state index in [0.29, 0.717) is 0 Å². The second kappa shape index (κ2) is 9.23. The van der Waals surface area contributed by atoms with Crippen LogP contribution in [0.15, 0.2) is 89.5 Å². The zero-order valence-corrected chi connectivity index (χ0v) is 19.1. The Kier molecular flexibility index (Phi) is 5.99. The van der Waals surface area contributed by atoms with Crippen LogP contribution in [0.2, 0.25) is 5.02 Å². The van der Waals surface area contributed by atoms with Crippen LogP contribution in [0, 0.1) is 16.0 Å². The summed E-state index contributed by atoms with van der Waals surface area (Å²) >= 11 is 5.97. The van der Waals surface area contributed by atoms with Gasteiger partial charge in [0.15, 0.2) is 0 Å². The molecule has 34 heavy (non-hydrogen) atoms. The first-order valence-corrected chi connectivity index (χ1v) is 11.6. The Morgan fingerprint density at radius 1 is 1.06 bits per heavy atom. The standard InChI is InChI=1S/C27H22ClN3O3/c28-23-15-14-21(17-24(23)31(33)34)27(32)30-26(19-10-5-2-6-11-19)22-13-7-12-20(25(22)29-30)16-18-8-3-1-4-9-18/h1-6,8-11,14-17,22,26H,7,12-13H2/b20-16+/t22-,26+/m1/s1. The molecule has 0 N–H and O–H groups in total. The molecule has 7 heteroatoms. The number of carbonyl (C=O) groups is 1. The fourth-order valence-electron chi connectivity index (χ4n) is 4.82. The molecule has 0 spiro atoms. The van der Waals surface area contributed by atoms with Crippen molar-refractivity contribution in [1.29, 1.82) is 0 Å². The van der Waals surface area contributed by atoms with Crippen LogP contribution in [0.4, 0.5) is 5.69 Å². The van der Waals surface area contributed by atoms with E-state index in [9.17, 15) is 14.9 Å². The summed E-state index contributed by atoms with van der Waals surface area (Å²) in [5.41, 5.74) is 4.02. The number of allylic oxidation sites excluding steroid dienone is 1. The lowest BCUT2D eigenvalue weighted by atomic mass is 9.77. The fourth-order valence-corrected chi connectivity index (χ4v) is 5.01. The number of nitrogens with zero attached hydrogens (tertiary/aromatic N) is 3. The summed E-state index contributed by atoms with van der Waals surface area (Å²) in [4.78, 5) is 24.5. The lowest BCUT2D eigenvalue weighted by Gasteiger charge is -2.29. The topological polar surface area (TPSA) is 75.8 Å². The third kappa shape index (κ3) is 4.13. The number of rotatable bonds is 4. The number of hydrazone groups is 1. The molecule has 1 saturated carbocycles. The van der Waals surface area contributed by atoms with E-state index in [1.54, 1.807) is 0 Å². The highest BCUT2D eigenvalue weighted by Crippen LogP contribution is 2.45. The van der Waals surface area contributed by atoms with Gasteiger partial charge in [-0.25, -0.2) is 5.01 Å². The van der Waals surface area contributed by atoms with E-state index in [2.05, 4.69) is 18.2 Å². The van der Waals surface area contributed by atoms with Crippen molar-refractivity contribution in [1.82, 2.24) is 5.01 Å². The minimum Gasteiger partial charge on any atom is -0.267 e. The van der Waals surface area contributed by atoms with E-state index < -0.39 is 4.92 Å².